The SMILES string of the molecule is CC(c1ccc(Cl)cc1)N(C)C(=NC1CCCCC1)NN. The average Bonchev–Trinajstić information content (AvgIpc) is 2.53. The van der Waals surface area contributed by atoms with Crippen molar-refractivity contribution in [1.82, 2.24) is 10.3 Å². The van der Waals surface area contributed by atoms with Crippen LogP contribution in [0.15, 0.2) is 29.3 Å². The zero-order chi connectivity index (χ0) is 15.2. The highest BCUT2D eigenvalue weighted by molar-refractivity contribution is 6.30. The van der Waals surface area contributed by atoms with Gasteiger partial charge in [0, 0.05) is 12.1 Å². The number of guanidine groups is 1. The van der Waals surface area contributed by atoms with Crippen molar-refractivity contribution in [3.05, 3.63) is 34.9 Å². The third-order valence-electron chi connectivity index (χ3n) is 4.28. The molecule has 1 atom stereocenters. The molecule has 0 aromatic heterocycles. The molecule has 1 aromatic rings. The number of nitrogens with two attached hydrogens (primary N) is 1. The molecule has 0 radical (unpaired) electrons. The molecule has 0 saturated heterocycles. The van der Waals surface area contributed by atoms with Crippen molar-refractivity contribution in [2.24, 2.45) is 10.8 Å². The summed E-state index contributed by atoms with van der Waals surface area (Å²) in [7, 11) is 2.01. The third-order valence-corrected chi connectivity index (χ3v) is 4.53. The summed E-state index contributed by atoms with van der Waals surface area (Å²) in [5.41, 5.74) is 3.95. The molecule has 0 bridgehead atoms. The minimum atomic E-state index is 0.181. The van der Waals surface area contributed by atoms with Gasteiger partial charge >= 0.3 is 0 Å². The molecular formula is C16H25ClN4. The van der Waals surface area contributed by atoms with E-state index in [9.17, 15) is 0 Å². The Hall–Kier alpha value is -1.26. The molecule has 1 aliphatic carbocycles. The summed E-state index contributed by atoms with van der Waals surface area (Å²) in [6.45, 7) is 2.14. The molecule has 0 heterocycles. The van der Waals surface area contributed by atoms with Gasteiger partial charge in [0.05, 0.1) is 12.1 Å². The van der Waals surface area contributed by atoms with Gasteiger partial charge in [0.25, 0.3) is 0 Å². The predicted molar refractivity (Wildman–Crippen MR) is 89.3 cm³/mol. The Labute approximate surface area is 132 Å². The number of benzene rings is 1. The second-order valence-corrected chi connectivity index (χ2v) is 6.16. The molecule has 1 saturated carbocycles. The second kappa shape index (κ2) is 7.66. The lowest BCUT2D eigenvalue weighted by Crippen LogP contribution is -2.44. The zero-order valence-corrected chi connectivity index (χ0v) is 13.6. The Bertz CT molecular complexity index is 466. The molecule has 21 heavy (non-hydrogen) atoms. The van der Waals surface area contributed by atoms with E-state index in [1.165, 1.54) is 24.8 Å². The first-order valence-electron chi connectivity index (χ1n) is 7.64. The first-order valence-corrected chi connectivity index (χ1v) is 8.02. The summed E-state index contributed by atoms with van der Waals surface area (Å²) in [5, 5.41) is 0.752. The number of hydrogen-bond donors (Lipinski definition) is 2. The Kier molecular flexibility index (Phi) is 5.88. The number of hydrogen-bond acceptors (Lipinski definition) is 2. The molecule has 3 N–H and O–H groups in total. The Morgan fingerprint density at radius 2 is 1.90 bits per heavy atom. The number of rotatable bonds is 3. The van der Waals surface area contributed by atoms with Crippen LogP contribution >= 0.6 is 11.6 Å². The van der Waals surface area contributed by atoms with Crippen molar-refractivity contribution in [1.29, 1.82) is 0 Å². The van der Waals surface area contributed by atoms with Gasteiger partial charge in [-0.1, -0.05) is 43.0 Å². The molecule has 0 amide bonds. The summed E-state index contributed by atoms with van der Waals surface area (Å²) < 4.78 is 0. The maximum atomic E-state index is 5.94. The fourth-order valence-electron chi connectivity index (χ4n) is 2.76. The van der Waals surface area contributed by atoms with Crippen LogP contribution in [0.2, 0.25) is 5.02 Å². The van der Waals surface area contributed by atoms with Gasteiger partial charge in [0.1, 0.15) is 0 Å². The van der Waals surface area contributed by atoms with E-state index < -0.39 is 0 Å². The lowest BCUT2D eigenvalue weighted by Gasteiger charge is -2.29. The lowest BCUT2D eigenvalue weighted by molar-refractivity contribution is 0.375. The second-order valence-electron chi connectivity index (χ2n) is 5.73. The average molecular weight is 309 g/mol. The molecular weight excluding hydrogens is 284 g/mol. The Morgan fingerprint density at radius 3 is 2.48 bits per heavy atom. The minimum Gasteiger partial charge on any atom is -0.338 e. The van der Waals surface area contributed by atoms with Crippen LogP contribution in [0, 0.1) is 0 Å². The number of nitrogens with zero attached hydrogens (tertiary/aromatic N) is 2. The molecule has 0 spiro atoms. The van der Waals surface area contributed by atoms with Crippen molar-refractivity contribution >= 4 is 17.6 Å². The van der Waals surface area contributed by atoms with Crippen molar-refractivity contribution in [2.75, 3.05) is 7.05 Å². The van der Waals surface area contributed by atoms with Crippen molar-refractivity contribution < 1.29 is 0 Å². The first-order chi connectivity index (χ1) is 10.1. The molecule has 1 aliphatic rings. The van der Waals surface area contributed by atoms with E-state index in [0.717, 1.165) is 23.8 Å². The molecule has 2 rings (SSSR count). The predicted octanol–water partition coefficient (Wildman–Crippen LogP) is 3.48. The van der Waals surface area contributed by atoms with Crippen LogP contribution in [0.25, 0.3) is 0 Å². The van der Waals surface area contributed by atoms with E-state index in [0.29, 0.717) is 6.04 Å². The Morgan fingerprint density at radius 1 is 1.29 bits per heavy atom. The van der Waals surface area contributed by atoms with Crippen molar-refractivity contribution in [3.8, 4) is 0 Å². The van der Waals surface area contributed by atoms with Gasteiger partial charge in [-0.05, 0) is 37.5 Å². The van der Waals surface area contributed by atoms with Crippen LogP contribution in [0.4, 0.5) is 0 Å². The molecule has 5 heteroatoms. The fourth-order valence-corrected chi connectivity index (χ4v) is 2.89. The summed E-state index contributed by atoms with van der Waals surface area (Å²) in [6.07, 6.45) is 6.18. The van der Waals surface area contributed by atoms with E-state index in [1.54, 1.807) is 0 Å². The largest absolute Gasteiger partial charge is 0.338 e. The summed E-state index contributed by atoms with van der Waals surface area (Å²) >= 11 is 5.94. The molecule has 1 unspecified atom stereocenters. The molecule has 0 aliphatic heterocycles. The number of nitrogens with one attached hydrogen (secondary N) is 1. The van der Waals surface area contributed by atoms with E-state index >= 15 is 0 Å². The maximum Gasteiger partial charge on any atom is 0.208 e. The van der Waals surface area contributed by atoms with Gasteiger partial charge in [-0.15, -0.1) is 0 Å². The third kappa shape index (κ3) is 4.35. The van der Waals surface area contributed by atoms with Gasteiger partial charge in [0.15, 0.2) is 0 Å². The quantitative estimate of drug-likeness (QED) is 0.389. The van der Waals surface area contributed by atoms with Crippen molar-refractivity contribution in [2.45, 2.75) is 51.1 Å². The van der Waals surface area contributed by atoms with Gasteiger partial charge in [-0.25, -0.2) is 10.8 Å². The Balaban J connectivity index is 2.09. The maximum absolute atomic E-state index is 5.94. The fraction of sp³-hybridized carbons (Fsp3) is 0.562. The van der Waals surface area contributed by atoms with Gasteiger partial charge in [0.2, 0.25) is 5.96 Å². The molecule has 1 fully saturated rings. The first kappa shape index (κ1) is 16.1. The molecule has 1 aromatic carbocycles. The zero-order valence-electron chi connectivity index (χ0n) is 12.8. The van der Waals surface area contributed by atoms with Gasteiger partial charge in [-0.2, -0.15) is 0 Å². The summed E-state index contributed by atoms with van der Waals surface area (Å²) in [6, 6.07) is 8.48. The number of aliphatic imine (C=N–C) groups is 1. The summed E-state index contributed by atoms with van der Waals surface area (Å²) in [4.78, 5) is 6.88. The van der Waals surface area contributed by atoms with Crippen LogP contribution in [-0.2, 0) is 0 Å². The van der Waals surface area contributed by atoms with Crippen LogP contribution in [0.1, 0.15) is 50.6 Å². The van der Waals surface area contributed by atoms with E-state index in [-0.39, 0.29) is 6.04 Å². The van der Waals surface area contributed by atoms with E-state index in [4.69, 9.17) is 22.4 Å². The number of halogens is 1. The van der Waals surface area contributed by atoms with Crippen LogP contribution < -0.4 is 11.3 Å². The normalized spacial score (nSPS) is 18.4. The highest BCUT2D eigenvalue weighted by Gasteiger charge is 2.18. The van der Waals surface area contributed by atoms with Gasteiger partial charge < -0.3 is 4.90 Å². The standard InChI is InChI=1S/C16H25ClN4/c1-12(13-8-10-14(17)11-9-13)21(2)16(20-18)19-15-6-4-3-5-7-15/h8-12,15H,3-7,18H2,1-2H3,(H,19,20). The number of hydrazine groups is 1. The van der Waals surface area contributed by atoms with Crippen molar-refractivity contribution in [3.63, 3.8) is 0 Å². The smallest absolute Gasteiger partial charge is 0.208 e. The van der Waals surface area contributed by atoms with Gasteiger partial charge in [-0.3, -0.25) is 5.43 Å². The van der Waals surface area contributed by atoms with Crippen LogP contribution in [0.3, 0.4) is 0 Å². The minimum absolute atomic E-state index is 0.181. The molecule has 116 valence electrons. The summed E-state index contributed by atoms with van der Waals surface area (Å²) in [5.74, 6) is 6.44. The monoisotopic (exact) mass is 308 g/mol. The van der Waals surface area contributed by atoms with E-state index in [2.05, 4.69) is 17.2 Å². The highest BCUT2D eigenvalue weighted by atomic mass is 35.5. The molecule has 4 nitrogen and oxygen atoms in total. The lowest BCUT2D eigenvalue weighted by atomic mass is 9.96. The highest BCUT2D eigenvalue weighted by Crippen LogP contribution is 2.23. The topological polar surface area (TPSA) is 53.6 Å². The van der Waals surface area contributed by atoms with E-state index in [1.807, 2.05) is 31.3 Å². The van der Waals surface area contributed by atoms with Crippen LogP contribution in [-0.4, -0.2) is 23.9 Å². The van der Waals surface area contributed by atoms with Crippen LogP contribution in [0.5, 0.6) is 0 Å².